The quantitative estimate of drug-likeness (QED) is 0.545. The van der Waals surface area contributed by atoms with E-state index in [2.05, 4.69) is 20.2 Å². The van der Waals surface area contributed by atoms with Crippen LogP contribution in [0.2, 0.25) is 5.02 Å². The molecule has 1 heterocycles. The zero-order chi connectivity index (χ0) is 24.3. The fourth-order valence-electron chi connectivity index (χ4n) is 4.62. The van der Waals surface area contributed by atoms with Gasteiger partial charge in [-0.05, 0) is 80.7 Å². The van der Waals surface area contributed by atoms with Crippen LogP contribution in [0.15, 0.2) is 40.2 Å². The second kappa shape index (κ2) is 10.4. The van der Waals surface area contributed by atoms with E-state index in [1.807, 2.05) is 0 Å². The summed E-state index contributed by atoms with van der Waals surface area (Å²) in [6.07, 6.45) is 5.06. The number of nitrogens with one attached hydrogen (secondary N) is 3. The van der Waals surface area contributed by atoms with Gasteiger partial charge >= 0.3 is 6.09 Å². The van der Waals surface area contributed by atoms with Gasteiger partial charge in [-0.3, -0.25) is 4.79 Å². The van der Waals surface area contributed by atoms with Gasteiger partial charge in [-0.15, -0.1) is 0 Å². The number of aromatic nitrogens is 2. The lowest BCUT2D eigenvalue weighted by molar-refractivity contribution is 0.0948. The highest BCUT2D eigenvalue weighted by molar-refractivity contribution is 7.89. The molecule has 0 saturated heterocycles. The molecule has 2 aliphatic carbocycles. The number of rotatable bonds is 6. The van der Waals surface area contributed by atoms with E-state index in [1.54, 1.807) is 6.20 Å². The zero-order valence-electron chi connectivity index (χ0n) is 18.3. The highest BCUT2D eigenvalue weighted by atomic mass is 35.5. The van der Waals surface area contributed by atoms with Crippen LogP contribution in [0.25, 0.3) is 0 Å². The standard InChI is InChI=1S/C22H26ClFN4O5S/c23-20-19(12-25-27-21(20)29)13-1-8-17(11-13)33-22(30)26-15-4-6-16(7-5-15)28-34(31,32)18-9-2-14(24)3-10-18/h2-3,9-10,12-13,15-17,28H,1,4-8,11H2,(H,26,30)(H,27,29)/t13?,15-,16-,17-/m1/s1. The maximum absolute atomic E-state index is 13.1. The fourth-order valence-corrected chi connectivity index (χ4v) is 6.17. The number of nitrogens with zero attached hydrogens (tertiary/aromatic N) is 1. The number of carbonyl (C=O) groups is 1. The molecule has 9 nitrogen and oxygen atoms in total. The van der Waals surface area contributed by atoms with Gasteiger partial charge in [0.1, 0.15) is 16.9 Å². The number of hydrogen-bond donors (Lipinski definition) is 3. The summed E-state index contributed by atoms with van der Waals surface area (Å²) in [5.74, 6) is -0.494. The van der Waals surface area contributed by atoms with Crippen molar-refractivity contribution in [3.8, 4) is 0 Å². The Morgan fingerprint density at radius 2 is 1.76 bits per heavy atom. The van der Waals surface area contributed by atoms with Crippen LogP contribution >= 0.6 is 11.6 Å². The van der Waals surface area contributed by atoms with E-state index in [1.165, 1.54) is 12.1 Å². The topological polar surface area (TPSA) is 130 Å². The number of amides is 1. The Kier molecular flexibility index (Phi) is 7.54. The minimum Gasteiger partial charge on any atom is -0.446 e. The number of aromatic amines is 1. The molecular weight excluding hydrogens is 487 g/mol. The van der Waals surface area contributed by atoms with E-state index >= 15 is 0 Å². The van der Waals surface area contributed by atoms with Crippen molar-refractivity contribution in [3.05, 3.63) is 57.2 Å². The molecule has 2 saturated carbocycles. The van der Waals surface area contributed by atoms with Crippen LogP contribution in [-0.4, -0.2) is 42.9 Å². The first-order chi connectivity index (χ1) is 16.2. The third kappa shape index (κ3) is 5.94. The molecule has 2 aromatic rings. The summed E-state index contributed by atoms with van der Waals surface area (Å²) in [5, 5.41) is 9.09. The van der Waals surface area contributed by atoms with Crippen molar-refractivity contribution in [1.29, 1.82) is 0 Å². The molecular formula is C22H26ClFN4O5S. The smallest absolute Gasteiger partial charge is 0.407 e. The molecule has 1 aromatic carbocycles. The Morgan fingerprint density at radius 3 is 2.47 bits per heavy atom. The number of ether oxygens (including phenoxy) is 1. The maximum Gasteiger partial charge on any atom is 0.407 e. The minimum atomic E-state index is -3.73. The lowest BCUT2D eigenvalue weighted by Gasteiger charge is -2.29. The molecule has 2 atom stereocenters. The molecule has 1 aromatic heterocycles. The van der Waals surface area contributed by atoms with Gasteiger partial charge in [0.2, 0.25) is 10.0 Å². The highest BCUT2D eigenvalue weighted by Gasteiger charge is 2.32. The van der Waals surface area contributed by atoms with Gasteiger partial charge < -0.3 is 10.1 Å². The zero-order valence-corrected chi connectivity index (χ0v) is 19.9. The molecule has 0 radical (unpaired) electrons. The molecule has 2 fully saturated rings. The number of sulfonamides is 1. The van der Waals surface area contributed by atoms with E-state index in [0.29, 0.717) is 44.1 Å². The summed E-state index contributed by atoms with van der Waals surface area (Å²) in [7, 11) is -3.73. The Bertz CT molecular complexity index is 1180. The van der Waals surface area contributed by atoms with Crippen LogP contribution < -0.4 is 15.6 Å². The monoisotopic (exact) mass is 512 g/mol. The number of hydrogen-bond acceptors (Lipinski definition) is 6. The SMILES string of the molecule is O=C(N[C@H]1CC[C@H](NS(=O)(=O)c2ccc(F)cc2)CC1)O[C@@H]1CCC(c2cn[nH]c(=O)c2Cl)C1. The molecule has 4 rings (SSSR count). The largest absolute Gasteiger partial charge is 0.446 e. The van der Waals surface area contributed by atoms with Gasteiger partial charge in [0.25, 0.3) is 5.56 Å². The number of halogens is 2. The molecule has 0 aliphatic heterocycles. The van der Waals surface area contributed by atoms with E-state index in [9.17, 15) is 22.4 Å². The van der Waals surface area contributed by atoms with Crippen molar-refractivity contribution in [2.75, 3.05) is 0 Å². The Labute approximate surface area is 201 Å². The number of alkyl carbamates (subject to hydrolysis) is 1. The number of benzene rings is 1. The lowest BCUT2D eigenvalue weighted by atomic mass is 9.92. The van der Waals surface area contributed by atoms with Crippen LogP contribution in [0.5, 0.6) is 0 Å². The molecule has 0 bridgehead atoms. The maximum atomic E-state index is 13.1. The summed E-state index contributed by atoms with van der Waals surface area (Å²) < 4.78 is 46.2. The molecule has 12 heteroatoms. The van der Waals surface area contributed by atoms with Crippen LogP contribution in [0.3, 0.4) is 0 Å². The van der Waals surface area contributed by atoms with Crippen molar-refractivity contribution >= 4 is 27.7 Å². The minimum absolute atomic E-state index is 0.00432. The van der Waals surface area contributed by atoms with Gasteiger partial charge in [-0.1, -0.05) is 11.6 Å². The van der Waals surface area contributed by atoms with Gasteiger partial charge in [0, 0.05) is 12.1 Å². The van der Waals surface area contributed by atoms with E-state index in [4.69, 9.17) is 16.3 Å². The normalized spacial score (nSPS) is 25.1. The first kappa shape index (κ1) is 24.6. The average molecular weight is 513 g/mol. The summed E-state index contributed by atoms with van der Waals surface area (Å²) >= 11 is 6.09. The van der Waals surface area contributed by atoms with Crippen LogP contribution in [0.1, 0.15) is 56.4 Å². The van der Waals surface area contributed by atoms with Crippen molar-refractivity contribution in [2.45, 2.75) is 73.9 Å². The molecule has 0 spiro atoms. The van der Waals surface area contributed by atoms with Gasteiger partial charge in [0.15, 0.2) is 0 Å². The van der Waals surface area contributed by atoms with Gasteiger partial charge in [-0.25, -0.2) is 27.4 Å². The van der Waals surface area contributed by atoms with E-state index in [-0.39, 0.29) is 34.0 Å². The second-order valence-corrected chi connectivity index (χ2v) is 10.9. The fraction of sp³-hybridized carbons (Fsp3) is 0.500. The third-order valence-corrected chi connectivity index (χ3v) is 8.34. The summed E-state index contributed by atoms with van der Waals surface area (Å²) in [6.45, 7) is 0. The summed E-state index contributed by atoms with van der Waals surface area (Å²) in [4.78, 5) is 24.1. The van der Waals surface area contributed by atoms with Crippen molar-refractivity contribution < 1.29 is 22.3 Å². The van der Waals surface area contributed by atoms with Gasteiger partial charge in [-0.2, -0.15) is 5.10 Å². The van der Waals surface area contributed by atoms with E-state index < -0.39 is 27.5 Å². The first-order valence-corrected chi connectivity index (χ1v) is 13.1. The van der Waals surface area contributed by atoms with Crippen LogP contribution in [0, 0.1) is 5.82 Å². The van der Waals surface area contributed by atoms with E-state index in [0.717, 1.165) is 18.6 Å². The molecule has 2 aliphatic rings. The van der Waals surface area contributed by atoms with Crippen molar-refractivity contribution in [1.82, 2.24) is 20.2 Å². The van der Waals surface area contributed by atoms with Crippen molar-refractivity contribution in [2.24, 2.45) is 0 Å². The Morgan fingerprint density at radius 1 is 1.09 bits per heavy atom. The lowest BCUT2D eigenvalue weighted by Crippen LogP contribution is -2.44. The number of carbonyl (C=O) groups excluding carboxylic acids is 1. The second-order valence-electron chi connectivity index (χ2n) is 8.77. The van der Waals surface area contributed by atoms with Crippen LogP contribution in [-0.2, 0) is 14.8 Å². The molecule has 3 N–H and O–H groups in total. The van der Waals surface area contributed by atoms with Crippen LogP contribution in [0.4, 0.5) is 9.18 Å². The molecule has 184 valence electrons. The Balaban J connectivity index is 1.22. The third-order valence-electron chi connectivity index (χ3n) is 6.42. The van der Waals surface area contributed by atoms with Crippen molar-refractivity contribution in [3.63, 3.8) is 0 Å². The molecule has 1 amide bonds. The molecule has 34 heavy (non-hydrogen) atoms. The predicted molar refractivity (Wildman–Crippen MR) is 123 cm³/mol. The molecule has 1 unspecified atom stereocenters. The summed E-state index contributed by atoms with van der Waals surface area (Å²) in [6, 6.07) is 4.32. The first-order valence-electron chi connectivity index (χ1n) is 11.2. The Hall–Kier alpha value is -2.50. The number of H-pyrrole nitrogens is 1. The summed E-state index contributed by atoms with van der Waals surface area (Å²) in [5.41, 5.74) is 0.232. The average Bonchev–Trinajstić information content (AvgIpc) is 3.25. The highest BCUT2D eigenvalue weighted by Crippen LogP contribution is 2.37. The van der Waals surface area contributed by atoms with Gasteiger partial charge in [0.05, 0.1) is 11.1 Å². The predicted octanol–water partition coefficient (Wildman–Crippen LogP) is 3.21.